The molecule has 0 spiro atoms. The lowest BCUT2D eigenvalue weighted by Crippen LogP contribution is -2.36. The Morgan fingerprint density at radius 3 is 2.12 bits per heavy atom. The average molecular weight is 431 g/mol. The van der Waals surface area contributed by atoms with Gasteiger partial charge in [-0.05, 0) is 41.7 Å². The molecule has 0 aliphatic rings. The maximum atomic E-state index is 6.30. The third kappa shape index (κ3) is 3.91. The molecule has 5 rings (SSSR count). The van der Waals surface area contributed by atoms with Crippen LogP contribution in [0.15, 0.2) is 84.9 Å². The fourth-order valence-corrected chi connectivity index (χ4v) is 4.18. The van der Waals surface area contributed by atoms with Crippen molar-refractivity contribution >= 4 is 40.4 Å². The van der Waals surface area contributed by atoms with E-state index in [1.54, 1.807) is 0 Å². The molecule has 33 heavy (non-hydrogen) atoms. The molecule has 3 heteroatoms. The van der Waals surface area contributed by atoms with Crippen LogP contribution in [0.5, 0.6) is 0 Å². The summed E-state index contributed by atoms with van der Waals surface area (Å²) in [6.45, 7) is 9.38. The minimum Gasteiger partial charge on any atom is -0.371 e. The minimum absolute atomic E-state index is 0.0740. The molecule has 0 aliphatic heterocycles. The Morgan fingerprint density at radius 2 is 1.39 bits per heavy atom. The second kappa shape index (κ2) is 8.00. The van der Waals surface area contributed by atoms with Gasteiger partial charge < -0.3 is 4.74 Å². The van der Waals surface area contributed by atoms with E-state index >= 15 is 0 Å². The van der Waals surface area contributed by atoms with Crippen molar-refractivity contribution in [3.8, 4) is 11.1 Å². The predicted molar refractivity (Wildman–Crippen MR) is 144 cm³/mol. The van der Waals surface area contributed by atoms with Crippen molar-refractivity contribution < 1.29 is 4.74 Å². The van der Waals surface area contributed by atoms with Crippen molar-refractivity contribution in [2.45, 2.75) is 45.2 Å². The molecule has 0 atom stereocenters. The molecule has 0 bridgehead atoms. The first-order valence-electron chi connectivity index (χ1n) is 11.7. The van der Waals surface area contributed by atoms with Crippen molar-refractivity contribution in [1.29, 1.82) is 0 Å². The number of aromatic nitrogens is 1. The molecule has 164 valence electrons. The maximum absolute atomic E-state index is 6.30. The van der Waals surface area contributed by atoms with Gasteiger partial charge in [0, 0.05) is 21.7 Å². The molecule has 0 N–H and O–H groups in total. The van der Waals surface area contributed by atoms with Gasteiger partial charge in [-0.1, -0.05) is 92.7 Å². The molecule has 1 aromatic heterocycles. The van der Waals surface area contributed by atoms with Gasteiger partial charge in [-0.25, -0.2) is 4.98 Å². The number of nitrogens with zero attached hydrogens (tertiary/aromatic N) is 1. The van der Waals surface area contributed by atoms with Crippen LogP contribution in [0.2, 0.25) is 5.31 Å². The van der Waals surface area contributed by atoms with Gasteiger partial charge in [0.2, 0.25) is 0 Å². The number of ether oxygens (including phenoxy) is 1. The number of pyridine rings is 1. The summed E-state index contributed by atoms with van der Waals surface area (Å²) in [7, 11) is 2.22. The lowest BCUT2D eigenvalue weighted by Gasteiger charge is -2.38. The number of hydrogen-bond acceptors (Lipinski definition) is 2. The standard InChI is InChI=1S/C30H30BNO/c1-29(2,31)30(3,4)33-19-20-13-15-22(16-14-20)27-24-11-7-8-12-26(24)32-28-23-10-6-5-9-21(23)17-18-25(27)28/h5-18H,19,31H2,1-4H3. The molecular formula is C30H30BNO. The summed E-state index contributed by atoms with van der Waals surface area (Å²) in [4.78, 5) is 5.07. The van der Waals surface area contributed by atoms with E-state index < -0.39 is 0 Å². The largest absolute Gasteiger partial charge is 0.371 e. The molecule has 0 unspecified atom stereocenters. The van der Waals surface area contributed by atoms with Gasteiger partial charge in [0.1, 0.15) is 7.85 Å². The quantitative estimate of drug-likeness (QED) is 0.165. The first-order chi connectivity index (χ1) is 15.7. The highest BCUT2D eigenvalue weighted by atomic mass is 16.5. The van der Waals surface area contributed by atoms with Gasteiger partial charge in [-0.15, -0.1) is 0 Å². The summed E-state index contributed by atoms with van der Waals surface area (Å²) in [6.07, 6.45) is 0. The van der Waals surface area contributed by atoms with E-state index in [4.69, 9.17) is 9.72 Å². The Hall–Kier alpha value is -3.17. The summed E-state index contributed by atoms with van der Waals surface area (Å²) < 4.78 is 6.30. The third-order valence-corrected chi connectivity index (χ3v) is 7.22. The Balaban J connectivity index is 1.61. The van der Waals surface area contributed by atoms with E-state index in [9.17, 15) is 0 Å². The van der Waals surface area contributed by atoms with Gasteiger partial charge >= 0.3 is 0 Å². The van der Waals surface area contributed by atoms with Gasteiger partial charge in [-0.3, -0.25) is 0 Å². The topological polar surface area (TPSA) is 22.1 Å². The molecule has 2 nitrogen and oxygen atoms in total. The van der Waals surface area contributed by atoms with Crippen LogP contribution >= 0.6 is 0 Å². The molecule has 4 aromatic carbocycles. The van der Waals surface area contributed by atoms with Crippen LogP contribution in [0.25, 0.3) is 43.7 Å². The fourth-order valence-electron chi connectivity index (χ4n) is 4.18. The Kier molecular flexibility index (Phi) is 5.26. The highest BCUT2D eigenvalue weighted by molar-refractivity contribution is 6.17. The van der Waals surface area contributed by atoms with Gasteiger partial charge in [0.05, 0.1) is 23.2 Å². The van der Waals surface area contributed by atoms with Crippen LogP contribution < -0.4 is 0 Å². The highest BCUT2D eigenvalue weighted by Gasteiger charge is 2.33. The summed E-state index contributed by atoms with van der Waals surface area (Å²) >= 11 is 0. The SMILES string of the molecule is BC(C)(C)C(C)(C)OCc1ccc(-c2c3ccccc3nc3c2ccc2ccccc23)cc1. The zero-order valence-corrected chi connectivity index (χ0v) is 20.1. The molecular weight excluding hydrogens is 401 g/mol. The van der Waals surface area contributed by atoms with Gasteiger partial charge in [0.25, 0.3) is 0 Å². The van der Waals surface area contributed by atoms with Crippen LogP contribution in [0.3, 0.4) is 0 Å². The van der Waals surface area contributed by atoms with E-state index in [2.05, 4.69) is 120 Å². The monoisotopic (exact) mass is 431 g/mol. The summed E-state index contributed by atoms with van der Waals surface area (Å²) in [5.74, 6) is 0. The van der Waals surface area contributed by atoms with Gasteiger partial charge in [0.15, 0.2) is 0 Å². The van der Waals surface area contributed by atoms with E-state index in [0.717, 1.165) is 11.0 Å². The first-order valence-corrected chi connectivity index (χ1v) is 11.7. The molecule has 1 heterocycles. The Labute approximate surface area is 197 Å². The Bertz CT molecular complexity index is 1460. The van der Waals surface area contributed by atoms with Gasteiger partial charge in [-0.2, -0.15) is 0 Å². The molecule has 0 radical (unpaired) electrons. The zero-order chi connectivity index (χ0) is 23.2. The molecule has 0 fully saturated rings. The number of hydrogen-bond donors (Lipinski definition) is 0. The molecule has 0 saturated heterocycles. The van der Waals surface area contributed by atoms with E-state index in [-0.39, 0.29) is 10.9 Å². The fraction of sp³-hybridized carbons (Fsp3) is 0.233. The lowest BCUT2D eigenvalue weighted by molar-refractivity contribution is -0.0542. The molecule has 5 aromatic rings. The molecule has 0 aliphatic carbocycles. The highest BCUT2D eigenvalue weighted by Crippen LogP contribution is 2.39. The first kappa shape index (κ1) is 21.7. The van der Waals surface area contributed by atoms with Crippen molar-refractivity contribution in [3.05, 3.63) is 90.5 Å². The smallest absolute Gasteiger partial charge is 0.112 e. The van der Waals surface area contributed by atoms with E-state index in [0.29, 0.717) is 6.61 Å². The maximum Gasteiger partial charge on any atom is 0.112 e. The normalized spacial score (nSPS) is 12.6. The van der Waals surface area contributed by atoms with Crippen LogP contribution in [0.1, 0.15) is 33.3 Å². The van der Waals surface area contributed by atoms with Crippen molar-refractivity contribution in [2.24, 2.45) is 0 Å². The van der Waals surface area contributed by atoms with Crippen LogP contribution in [0, 0.1) is 0 Å². The second-order valence-corrected chi connectivity index (χ2v) is 10.4. The molecule has 0 amide bonds. The minimum atomic E-state index is -0.204. The number of rotatable bonds is 5. The van der Waals surface area contributed by atoms with Crippen LogP contribution in [0.4, 0.5) is 0 Å². The Morgan fingerprint density at radius 1 is 0.727 bits per heavy atom. The summed E-state index contributed by atoms with van der Waals surface area (Å²) in [6, 6.07) is 30.2. The number of fused-ring (bicyclic) bond motifs is 4. The van der Waals surface area contributed by atoms with E-state index in [1.807, 2.05) is 0 Å². The van der Waals surface area contributed by atoms with E-state index in [1.165, 1.54) is 38.2 Å². The summed E-state index contributed by atoms with van der Waals surface area (Å²) in [5, 5.41) is 4.84. The predicted octanol–water partition coefficient (Wildman–Crippen LogP) is 7.34. The molecule has 0 saturated carbocycles. The van der Waals surface area contributed by atoms with Crippen LogP contribution in [-0.4, -0.2) is 18.4 Å². The third-order valence-electron chi connectivity index (χ3n) is 7.22. The zero-order valence-electron chi connectivity index (χ0n) is 20.1. The van der Waals surface area contributed by atoms with Crippen LogP contribution in [-0.2, 0) is 11.3 Å². The lowest BCUT2D eigenvalue weighted by atomic mass is 9.62. The number of para-hydroxylation sites is 1. The average Bonchev–Trinajstić information content (AvgIpc) is 2.81. The summed E-state index contributed by atoms with van der Waals surface area (Å²) in [5.41, 5.74) is 5.50. The van der Waals surface area contributed by atoms with Crippen molar-refractivity contribution in [2.75, 3.05) is 0 Å². The van der Waals surface area contributed by atoms with Crippen molar-refractivity contribution in [1.82, 2.24) is 4.98 Å². The second-order valence-electron chi connectivity index (χ2n) is 10.4. The van der Waals surface area contributed by atoms with Crippen molar-refractivity contribution in [3.63, 3.8) is 0 Å². The number of benzene rings is 4.